The van der Waals surface area contributed by atoms with E-state index in [1.807, 2.05) is 32.0 Å². The number of thioether (sulfide) groups is 2. The van der Waals surface area contributed by atoms with Crippen molar-refractivity contribution in [2.45, 2.75) is 31.3 Å². The Balaban J connectivity index is 1.97. The lowest BCUT2D eigenvalue weighted by atomic mass is 10.2. The lowest BCUT2D eigenvalue weighted by Crippen LogP contribution is -2.19. The fourth-order valence-electron chi connectivity index (χ4n) is 1.59. The summed E-state index contributed by atoms with van der Waals surface area (Å²) in [6.45, 7) is 4.35. The second-order valence-corrected chi connectivity index (χ2v) is 6.77. The predicted molar refractivity (Wildman–Crippen MR) is 83.1 cm³/mol. The number of benzene rings is 1. The van der Waals surface area contributed by atoms with Crippen molar-refractivity contribution in [1.29, 1.82) is 0 Å². The molecule has 1 heterocycles. The lowest BCUT2D eigenvalue weighted by molar-refractivity contribution is -0.142. The van der Waals surface area contributed by atoms with Gasteiger partial charge in [0.25, 0.3) is 0 Å². The van der Waals surface area contributed by atoms with Crippen molar-refractivity contribution >= 4 is 39.6 Å². The standard InChI is InChI=1S/C14H17NO2S2/c1-3-8-17-13(16)10(2)19-14-15-12-7-5-4-6-11(12)9-18-14/h4-7,10H,3,8-9H2,1-2H3. The zero-order valence-corrected chi connectivity index (χ0v) is 12.7. The van der Waals surface area contributed by atoms with Crippen molar-refractivity contribution in [3.63, 3.8) is 0 Å². The van der Waals surface area contributed by atoms with Crippen LogP contribution in [-0.2, 0) is 15.3 Å². The van der Waals surface area contributed by atoms with E-state index in [4.69, 9.17) is 4.74 Å². The van der Waals surface area contributed by atoms with Crippen LogP contribution in [0.3, 0.4) is 0 Å². The third-order valence-electron chi connectivity index (χ3n) is 2.61. The minimum absolute atomic E-state index is 0.158. The van der Waals surface area contributed by atoms with Gasteiger partial charge in [-0.15, -0.1) is 0 Å². The van der Waals surface area contributed by atoms with Gasteiger partial charge in [0.2, 0.25) is 0 Å². The highest BCUT2D eigenvalue weighted by Crippen LogP contribution is 2.35. The fourth-order valence-corrected chi connectivity index (χ4v) is 3.78. The third-order valence-corrected chi connectivity index (χ3v) is 4.89. The highest BCUT2D eigenvalue weighted by atomic mass is 32.2. The summed E-state index contributed by atoms with van der Waals surface area (Å²) in [6, 6.07) is 8.11. The normalized spacial score (nSPS) is 15.4. The molecule has 0 saturated carbocycles. The van der Waals surface area contributed by atoms with Gasteiger partial charge in [0.05, 0.1) is 12.3 Å². The number of hydrogen-bond acceptors (Lipinski definition) is 5. The number of esters is 1. The van der Waals surface area contributed by atoms with Gasteiger partial charge in [0.1, 0.15) is 9.63 Å². The summed E-state index contributed by atoms with van der Waals surface area (Å²) in [4.78, 5) is 16.3. The molecule has 1 aromatic carbocycles. The Hall–Kier alpha value is -0.940. The summed E-state index contributed by atoms with van der Waals surface area (Å²) < 4.78 is 6.08. The Morgan fingerprint density at radius 2 is 2.32 bits per heavy atom. The van der Waals surface area contributed by atoms with Gasteiger partial charge in [-0.25, -0.2) is 4.99 Å². The highest BCUT2D eigenvalue weighted by molar-refractivity contribution is 8.39. The highest BCUT2D eigenvalue weighted by Gasteiger charge is 2.20. The molecule has 1 aliphatic rings. The van der Waals surface area contributed by atoms with Gasteiger partial charge >= 0.3 is 5.97 Å². The van der Waals surface area contributed by atoms with E-state index in [2.05, 4.69) is 11.1 Å². The maximum Gasteiger partial charge on any atom is 0.319 e. The quantitative estimate of drug-likeness (QED) is 0.787. The van der Waals surface area contributed by atoms with Crippen molar-refractivity contribution < 1.29 is 9.53 Å². The van der Waals surface area contributed by atoms with E-state index in [9.17, 15) is 4.79 Å². The Morgan fingerprint density at radius 3 is 3.11 bits per heavy atom. The molecule has 0 fully saturated rings. The smallest absolute Gasteiger partial charge is 0.319 e. The van der Waals surface area contributed by atoms with Crippen molar-refractivity contribution in [1.82, 2.24) is 0 Å². The Labute approximate surface area is 122 Å². The van der Waals surface area contributed by atoms with Gasteiger partial charge in [-0.3, -0.25) is 4.79 Å². The van der Waals surface area contributed by atoms with Crippen molar-refractivity contribution in [2.75, 3.05) is 6.61 Å². The molecule has 102 valence electrons. The summed E-state index contributed by atoms with van der Waals surface area (Å²) in [5, 5.41) is -0.205. The molecule has 3 nitrogen and oxygen atoms in total. The number of carbonyl (C=O) groups is 1. The molecule has 0 saturated heterocycles. The number of aliphatic imine (C=N–C) groups is 1. The van der Waals surface area contributed by atoms with E-state index in [1.165, 1.54) is 17.3 Å². The molecular formula is C14H17NO2S2. The van der Waals surface area contributed by atoms with Crippen LogP contribution >= 0.6 is 23.5 Å². The second kappa shape index (κ2) is 7.01. The van der Waals surface area contributed by atoms with E-state index in [0.717, 1.165) is 22.2 Å². The van der Waals surface area contributed by atoms with E-state index in [-0.39, 0.29) is 11.2 Å². The predicted octanol–water partition coefficient (Wildman–Crippen LogP) is 4.00. The fraction of sp³-hybridized carbons (Fsp3) is 0.429. The third kappa shape index (κ3) is 4.01. The van der Waals surface area contributed by atoms with Crippen molar-refractivity contribution in [3.05, 3.63) is 29.8 Å². The van der Waals surface area contributed by atoms with Crippen LogP contribution < -0.4 is 0 Å². The topological polar surface area (TPSA) is 38.7 Å². The summed E-state index contributed by atoms with van der Waals surface area (Å²) >= 11 is 3.16. The number of carbonyl (C=O) groups excluding carboxylic acids is 1. The van der Waals surface area contributed by atoms with Crippen LogP contribution in [0.2, 0.25) is 0 Å². The molecule has 0 aliphatic carbocycles. The molecule has 0 radical (unpaired) electrons. The maximum absolute atomic E-state index is 11.7. The van der Waals surface area contributed by atoms with Gasteiger partial charge in [-0.1, -0.05) is 48.6 Å². The summed E-state index contributed by atoms with van der Waals surface area (Å²) in [6.07, 6.45) is 0.853. The SMILES string of the molecule is CCCOC(=O)C(C)SC1=Nc2ccccc2CS1. The molecule has 1 atom stereocenters. The molecule has 1 aliphatic heterocycles. The van der Waals surface area contributed by atoms with Crippen molar-refractivity contribution in [3.8, 4) is 0 Å². The summed E-state index contributed by atoms with van der Waals surface area (Å²) in [5.41, 5.74) is 2.26. The van der Waals surface area contributed by atoms with E-state index in [1.54, 1.807) is 11.8 Å². The van der Waals surface area contributed by atoms with Crippen LogP contribution in [0.15, 0.2) is 29.3 Å². The van der Waals surface area contributed by atoms with Crippen molar-refractivity contribution in [2.24, 2.45) is 4.99 Å². The number of hydrogen-bond donors (Lipinski definition) is 0. The number of fused-ring (bicyclic) bond motifs is 1. The number of para-hydroxylation sites is 1. The summed E-state index contributed by atoms with van der Waals surface area (Å²) in [7, 11) is 0. The minimum atomic E-state index is -0.205. The second-order valence-electron chi connectivity index (χ2n) is 4.22. The van der Waals surface area contributed by atoms with Crippen LogP contribution in [-0.4, -0.2) is 22.2 Å². The maximum atomic E-state index is 11.7. The average molecular weight is 295 g/mol. The van der Waals surface area contributed by atoms with Crippen LogP contribution in [0.25, 0.3) is 0 Å². The van der Waals surface area contributed by atoms with Crippen LogP contribution in [0.4, 0.5) is 5.69 Å². The van der Waals surface area contributed by atoms with Crippen LogP contribution in [0.5, 0.6) is 0 Å². The molecule has 19 heavy (non-hydrogen) atoms. The summed E-state index contributed by atoms with van der Waals surface area (Å²) in [5.74, 6) is 0.757. The Morgan fingerprint density at radius 1 is 1.53 bits per heavy atom. The molecule has 5 heteroatoms. The number of ether oxygens (including phenoxy) is 1. The van der Waals surface area contributed by atoms with E-state index < -0.39 is 0 Å². The van der Waals surface area contributed by atoms with Gasteiger partial charge in [0, 0.05) is 5.75 Å². The van der Waals surface area contributed by atoms with Crippen LogP contribution in [0, 0.1) is 0 Å². The van der Waals surface area contributed by atoms with E-state index in [0.29, 0.717) is 6.61 Å². The minimum Gasteiger partial charge on any atom is -0.465 e. The molecule has 0 N–H and O–H groups in total. The first-order chi connectivity index (χ1) is 9.20. The molecule has 1 unspecified atom stereocenters. The number of rotatable bonds is 4. The average Bonchev–Trinajstić information content (AvgIpc) is 2.44. The lowest BCUT2D eigenvalue weighted by Gasteiger charge is -2.16. The molecule has 0 aromatic heterocycles. The van der Waals surface area contributed by atoms with E-state index >= 15 is 0 Å². The molecular weight excluding hydrogens is 278 g/mol. The van der Waals surface area contributed by atoms with Gasteiger partial charge in [-0.2, -0.15) is 0 Å². The monoisotopic (exact) mass is 295 g/mol. The first kappa shape index (κ1) is 14.5. The molecule has 0 bridgehead atoms. The first-order valence-corrected chi connectivity index (χ1v) is 8.20. The molecule has 1 aromatic rings. The Bertz CT molecular complexity index is 488. The molecule has 0 spiro atoms. The van der Waals surface area contributed by atoms with Gasteiger partial charge < -0.3 is 4.74 Å². The van der Waals surface area contributed by atoms with Gasteiger partial charge in [0.15, 0.2) is 0 Å². The largest absolute Gasteiger partial charge is 0.465 e. The zero-order valence-electron chi connectivity index (χ0n) is 11.1. The first-order valence-electron chi connectivity index (χ1n) is 6.33. The van der Waals surface area contributed by atoms with Gasteiger partial charge in [-0.05, 0) is 25.0 Å². The molecule has 0 amide bonds. The number of nitrogens with zero attached hydrogens (tertiary/aromatic N) is 1. The zero-order chi connectivity index (χ0) is 13.7. The van der Waals surface area contributed by atoms with Crippen LogP contribution in [0.1, 0.15) is 25.8 Å². The Kier molecular flexibility index (Phi) is 5.34. The molecule has 2 rings (SSSR count).